The molecule has 1 aromatic heterocycles. The van der Waals surface area contributed by atoms with Gasteiger partial charge in [0.05, 0.1) is 6.20 Å². The standard InChI is InChI=1S/C15H23N3/c1-12-9-17-18(11-12)6-2-5-16-10-15-8-13-3-4-14(15)7-13/h3-4,9,11,13-16H,2,5-8,10H2,1H3. The predicted molar refractivity (Wildman–Crippen MR) is 73.3 cm³/mol. The molecule has 1 heterocycles. The first-order chi connectivity index (χ1) is 8.81. The van der Waals surface area contributed by atoms with Gasteiger partial charge in [0.25, 0.3) is 0 Å². The van der Waals surface area contributed by atoms with E-state index in [4.69, 9.17) is 0 Å². The van der Waals surface area contributed by atoms with Crippen molar-refractivity contribution >= 4 is 0 Å². The number of hydrogen-bond donors (Lipinski definition) is 1. The number of nitrogens with zero attached hydrogens (tertiary/aromatic N) is 2. The zero-order chi connectivity index (χ0) is 12.4. The van der Waals surface area contributed by atoms with Crippen molar-refractivity contribution in [2.75, 3.05) is 13.1 Å². The van der Waals surface area contributed by atoms with Crippen molar-refractivity contribution in [2.45, 2.75) is 32.7 Å². The number of fused-ring (bicyclic) bond motifs is 2. The molecule has 0 radical (unpaired) electrons. The van der Waals surface area contributed by atoms with E-state index in [1.54, 1.807) is 0 Å². The minimum atomic E-state index is 0.872. The van der Waals surface area contributed by atoms with E-state index in [1.165, 1.54) is 24.9 Å². The van der Waals surface area contributed by atoms with E-state index in [2.05, 4.69) is 35.7 Å². The van der Waals surface area contributed by atoms with Gasteiger partial charge in [-0.2, -0.15) is 5.10 Å². The summed E-state index contributed by atoms with van der Waals surface area (Å²) in [6.45, 7) is 5.42. The lowest BCUT2D eigenvalue weighted by Gasteiger charge is -2.18. The van der Waals surface area contributed by atoms with E-state index in [-0.39, 0.29) is 0 Å². The van der Waals surface area contributed by atoms with Gasteiger partial charge in [-0.05, 0) is 62.6 Å². The molecule has 1 N–H and O–H groups in total. The summed E-state index contributed by atoms with van der Waals surface area (Å²) in [5.41, 5.74) is 1.25. The molecule has 0 spiro atoms. The van der Waals surface area contributed by atoms with Gasteiger partial charge in [0.1, 0.15) is 0 Å². The van der Waals surface area contributed by atoms with E-state index < -0.39 is 0 Å². The van der Waals surface area contributed by atoms with Gasteiger partial charge in [0, 0.05) is 12.7 Å². The van der Waals surface area contributed by atoms with Crippen molar-refractivity contribution in [3.63, 3.8) is 0 Å². The summed E-state index contributed by atoms with van der Waals surface area (Å²) in [5, 5.41) is 7.92. The lowest BCUT2D eigenvalue weighted by molar-refractivity contribution is 0.408. The normalized spacial score (nSPS) is 29.3. The molecular formula is C15H23N3. The average Bonchev–Trinajstić information content (AvgIpc) is 3.05. The van der Waals surface area contributed by atoms with E-state index in [0.29, 0.717) is 0 Å². The highest BCUT2D eigenvalue weighted by Crippen LogP contribution is 2.42. The molecule has 3 heteroatoms. The third-order valence-corrected chi connectivity index (χ3v) is 4.33. The molecule has 0 aliphatic heterocycles. The molecule has 1 saturated carbocycles. The van der Waals surface area contributed by atoms with Crippen molar-refractivity contribution in [2.24, 2.45) is 17.8 Å². The first-order valence-electron chi connectivity index (χ1n) is 7.19. The third-order valence-electron chi connectivity index (χ3n) is 4.33. The molecule has 1 aromatic rings. The van der Waals surface area contributed by atoms with E-state index in [9.17, 15) is 0 Å². The summed E-state index contributed by atoms with van der Waals surface area (Å²) >= 11 is 0. The molecule has 18 heavy (non-hydrogen) atoms. The van der Waals surface area contributed by atoms with Gasteiger partial charge in [-0.3, -0.25) is 4.68 Å². The quantitative estimate of drug-likeness (QED) is 0.616. The lowest BCUT2D eigenvalue weighted by atomic mass is 9.94. The zero-order valence-electron chi connectivity index (χ0n) is 11.2. The Balaban J connectivity index is 1.30. The van der Waals surface area contributed by atoms with Crippen LogP contribution in [0.4, 0.5) is 0 Å². The molecule has 98 valence electrons. The molecule has 0 amide bonds. The van der Waals surface area contributed by atoms with Gasteiger partial charge in [0.2, 0.25) is 0 Å². The average molecular weight is 245 g/mol. The molecule has 1 fully saturated rings. The zero-order valence-corrected chi connectivity index (χ0v) is 11.2. The first-order valence-corrected chi connectivity index (χ1v) is 7.19. The second kappa shape index (κ2) is 5.27. The summed E-state index contributed by atoms with van der Waals surface area (Å²) in [7, 11) is 0. The Bertz CT molecular complexity index is 421. The number of hydrogen-bond acceptors (Lipinski definition) is 2. The van der Waals surface area contributed by atoms with Gasteiger partial charge in [0.15, 0.2) is 0 Å². The van der Waals surface area contributed by atoms with Crippen LogP contribution in [0.2, 0.25) is 0 Å². The molecular weight excluding hydrogens is 222 g/mol. The number of aryl methyl sites for hydroxylation is 2. The van der Waals surface area contributed by atoms with Crippen molar-refractivity contribution in [3.05, 3.63) is 30.1 Å². The second-order valence-electron chi connectivity index (χ2n) is 5.88. The molecule has 3 nitrogen and oxygen atoms in total. The number of aromatic nitrogens is 2. The number of allylic oxidation sites excluding steroid dienone is 2. The van der Waals surface area contributed by atoms with Crippen LogP contribution in [0.3, 0.4) is 0 Å². The summed E-state index contributed by atoms with van der Waals surface area (Å²) in [6, 6.07) is 0. The van der Waals surface area contributed by atoms with Gasteiger partial charge in [-0.25, -0.2) is 0 Å². The molecule has 3 rings (SSSR count). The molecule has 2 aliphatic carbocycles. The van der Waals surface area contributed by atoms with Gasteiger partial charge in [-0.1, -0.05) is 12.2 Å². The van der Waals surface area contributed by atoms with Crippen LogP contribution >= 0.6 is 0 Å². The number of rotatable bonds is 6. The molecule has 3 unspecified atom stereocenters. The highest BCUT2D eigenvalue weighted by molar-refractivity contribution is 5.10. The minimum absolute atomic E-state index is 0.872. The van der Waals surface area contributed by atoms with E-state index in [0.717, 1.165) is 37.3 Å². The fourth-order valence-electron chi connectivity index (χ4n) is 3.37. The van der Waals surface area contributed by atoms with Gasteiger partial charge < -0.3 is 5.32 Å². The van der Waals surface area contributed by atoms with E-state index in [1.807, 2.05) is 10.9 Å². The fourth-order valence-corrected chi connectivity index (χ4v) is 3.37. The summed E-state index contributed by atoms with van der Waals surface area (Å²) in [5.74, 6) is 2.66. The van der Waals surface area contributed by atoms with Crippen LogP contribution in [-0.2, 0) is 6.54 Å². The largest absolute Gasteiger partial charge is 0.316 e. The fraction of sp³-hybridized carbons (Fsp3) is 0.667. The third kappa shape index (κ3) is 2.66. The first kappa shape index (κ1) is 12.0. The molecule has 0 aromatic carbocycles. The lowest BCUT2D eigenvalue weighted by Crippen LogP contribution is -2.26. The van der Waals surface area contributed by atoms with Crippen LogP contribution in [0, 0.1) is 24.7 Å². The van der Waals surface area contributed by atoms with Crippen LogP contribution in [-0.4, -0.2) is 22.9 Å². The predicted octanol–water partition coefficient (Wildman–Crippen LogP) is 2.38. The Labute approximate surface area is 109 Å². The summed E-state index contributed by atoms with van der Waals surface area (Å²) in [6.07, 6.45) is 12.9. The van der Waals surface area contributed by atoms with Gasteiger partial charge >= 0.3 is 0 Å². The van der Waals surface area contributed by atoms with Crippen molar-refractivity contribution in [1.82, 2.24) is 15.1 Å². The second-order valence-corrected chi connectivity index (χ2v) is 5.88. The van der Waals surface area contributed by atoms with Crippen molar-refractivity contribution in [1.29, 1.82) is 0 Å². The Hall–Kier alpha value is -1.09. The Morgan fingerprint density at radius 2 is 2.33 bits per heavy atom. The van der Waals surface area contributed by atoms with Crippen LogP contribution in [0.25, 0.3) is 0 Å². The maximum atomic E-state index is 4.30. The van der Waals surface area contributed by atoms with Crippen LogP contribution in [0.5, 0.6) is 0 Å². The summed E-state index contributed by atoms with van der Waals surface area (Å²) < 4.78 is 2.04. The van der Waals surface area contributed by atoms with Crippen molar-refractivity contribution < 1.29 is 0 Å². The molecule has 0 saturated heterocycles. The highest BCUT2D eigenvalue weighted by atomic mass is 15.3. The Kier molecular flexibility index (Phi) is 3.50. The molecule has 2 aliphatic rings. The molecule has 2 bridgehead atoms. The van der Waals surface area contributed by atoms with Crippen LogP contribution in [0.1, 0.15) is 24.8 Å². The Morgan fingerprint density at radius 3 is 3.00 bits per heavy atom. The summed E-state index contributed by atoms with van der Waals surface area (Å²) in [4.78, 5) is 0. The smallest absolute Gasteiger partial charge is 0.0518 e. The monoisotopic (exact) mass is 245 g/mol. The van der Waals surface area contributed by atoms with Crippen LogP contribution < -0.4 is 5.32 Å². The highest BCUT2D eigenvalue weighted by Gasteiger charge is 2.34. The minimum Gasteiger partial charge on any atom is -0.316 e. The van der Waals surface area contributed by atoms with E-state index >= 15 is 0 Å². The van der Waals surface area contributed by atoms with Crippen molar-refractivity contribution in [3.8, 4) is 0 Å². The topological polar surface area (TPSA) is 29.9 Å². The molecule has 3 atom stereocenters. The SMILES string of the molecule is Cc1cnn(CCCNCC2CC3C=CC2C3)c1. The maximum absolute atomic E-state index is 4.30. The Morgan fingerprint density at radius 1 is 1.39 bits per heavy atom. The van der Waals surface area contributed by atoms with Crippen LogP contribution in [0.15, 0.2) is 24.5 Å². The van der Waals surface area contributed by atoms with Gasteiger partial charge in [-0.15, -0.1) is 0 Å². The maximum Gasteiger partial charge on any atom is 0.0518 e. The number of nitrogens with one attached hydrogen (secondary N) is 1.